The Balaban J connectivity index is 2.05. The van der Waals surface area contributed by atoms with Crippen LogP contribution in [0.1, 0.15) is 47.5 Å². The van der Waals surface area contributed by atoms with Gasteiger partial charge >= 0.3 is 0 Å². The van der Waals surface area contributed by atoms with Crippen molar-refractivity contribution in [3.8, 4) is 0 Å². The minimum absolute atomic E-state index is 0.0258. The van der Waals surface area contributed by atoms with Gasteiger partial charge in [-0.15, -0.1) is 0 Å². The first-order chi connectivity index (χ1) is 8.91. The molecule has 0 aromatic heterocycles. The minimum atomic E-state index is -1.85. The molecular weight excluding hydrogens is 272 g/mol. The molecule has 3 atom stereocenters. The predicted octanol–water partition coefficient (Wildman–Crippen LogP) is 3.26. The molecule has 116 valence electrons. The topological polar surface area (TPSA) is 44.8 Å². The highest BCUT2D eigenvalue weighted by Crippen LogP contribution is 2.41. The van der Waals surface area contributed by atoms with Crippen LogP contribution in [0.5, 0.6) is 0 Å². The van der Waals surface area contributed by atoms with Crippen LogP contribution in [-0.4, -0.2) is 38.2 Å². The van der Waals surface area contributed by atoms with Gasteiger partial charge in [0.25, 0.3) is 0 Å². The highest BCUT2D eigenvalue weighted by Gasteiger charge is 2.50. The van der Waals surface area contributed by atoms with E-state index in [1.807, 2.05) is 13.8 Å². The zero-order valence-electron chi connectivity index (χ0n) is 13.8. The fourth-order valence-electron chi connectivity index (χ4n) is 2.65. The molecule has 0 spiro atoms. The van der Waals surface area contributed by atoms with Crippen LogP contribution in [0.4, 0.5) is 0 Å². The van der Waals surface area contributed by atoms with Gasteiger partial charge in [-0.05, 0) is 32.0 Å². The summed E-state index contributed by atoms with van der Waals surface area (Å²) in [5.41, 5.74) is 0. The zero-order chi connectivity index (χ0) is 15.3. The van der Waals surface area contributed by atoms with Crippen LogP contribution >= 0.6 is 0 Å². The fourth-order valence-corrected chi connectivity index (χ4v) is 4.01. The number of Topliss-reactive ketones (excluding diaryl/α,β-unsaturated/α-hetero) is 1. The highest BCUT2D eigenvalue weighted by atomic mass is 28.4. The predicted molar refractivity (Wildman–Crippen MR) is 80.1 cm³/mol. The van der Waals surface area contributed by atoms with E-state index in [9.17, 15) is 4.79 Å². The summed E-state index contributed by atoms with van der Waals surface area (Å²) in [7, 11) is -1.85. The number of carbonyl (C=O) groups excluding carboxylic acids is 1. The average molecular weight is 300 g/mol. The molecule has 4 nitrogen and oxygen atoms in total. The Labute approximate surface area is 123 Å². The lowest BCUT2D eigenvalue weighted by Gasteiger charge is -2.41. The van der Waals surface area contributed by atoms with Gasteiger partial charge in [0.2, 0.25) is 0 Å². The molecule has 1 aliphatic heterocycles. The van der Waals surface area contributed by atoms with Crippen molar-refractivity contribution >= 4 is 14.1 Å². The molecular formula is C15H28O4Si. The second-order valence-electron chi connectivity index (χ2n) is 8.00. The smallest absolute Gasteiger partial charge is 0.192 e. The Morgan fingerprint density at radius 2 is 1.85 bits per heavy atom. The van der Waals surface area contributed by atoms with E-state index in [0.29, 0.717) is 6.42 Å². The van der Waals surface area contributed by atoms with E-state index in [4.69, 9.17) is 13.9 Å². The van der Waals surface area contributed by atoms with E-state index in [2.05, 4.69) is 33.9 Å². The molecule has 0 unspecified atom stereocenters. The lowest BCUT2D eigenvalue weighted by Crippen LogP contribution is -2.49. The SMILES string of the molecule is CC1(C)O[C@H]2C[C@H](O[Si](C)(C)C(C)(C)C)CC(=O)[C@H]2O1. The standard InChI is InChI=1S/C15H28O4Si/c1-14(2,3)20(6,7)19-10-8-11(16)13-12(9-10)17-15(4,5)18-13/h10,12-13H,8-9H2,1-7H3/t10-,12+,13-/m1/s1. The van der Waals surface area contributed by atoms with Crippen molar-refractivity contribution in [2.75, 3.05) is 0 Å². The maximum atomic E-state index is 12.2. The fraction of sp³-hybridized carbons (Fsp3) is 0.933. The maximum absolute atomic E-state index is 12.2. The summed E-state index contributed by atoms with van der Waals surface area (Å²) in [6.07, 6.45) is 0.631. The number of ether oxygens (including phenoxy) is 2. The third-order valence-electron chi connectivity index (χ3n) is 4.69. The number of hydrogen-bond donors (Lipinski definition) is 0. The molecule has 0 aromatic carbocycles. The van der Waals surface area contributed by atoms with E-state index >= 15 is 0 Å². The monoisotopic (exact) mass is 300 g/mol. The quantitative estimate of drug-likeness (QED) is 0.734. The van der Waals surface area contributed by atoms with Crippen molar-refractivity contribution < 1.29 is 18.7 Å². The van der Waals surface area contributed by atoms with Crippen LogP contribution in [0.25, 0.3) is 0 Å². The van der Waals surface area contributed by atoms with Crippen molar-refractivity contribution in [1.82, 2.24) is 0 Å². The van der Waals surface area contributed by atoms with Gasteiger partial charge in [0.1, 0.15) is 6.10 Å². The average Bonchev–Trinajstić information content (AvgIpc) is 2.50. The Hall–Kier alpha value is -0.233. The molecule has 1 saturated carbocycles. The van der Waals surface area contributed by atoms with E-state index in [-0.39, 0.29) is 23.0 Å². The molecule has 0 N–H and O–H groups in total. The molecule has 5 heteroatoms. The number of carbonyl (C=O) groups is 1. The molecule has 2 fully saturated rings. The number of rotatable bonds is 2. The molecule has 1 heterocycles. The molecule has 2 rings (SSSR count). The van der Waals surface area contributed by atoms with Gasteiger partial charge in [0.15, 0.2) is 19.9 Å². The van der Waals surface area contributed by atoms with Gasteiger partial charge < -0.3 is 13.9 Å². The van der Waals surface area contributed by atoms with Gasteiger partial charge in [-0.25, -0.2) is 0 Å². The van der Waals surface area contributed by atoms with E-state index < -0.39 is 20.2 Å². The summed E-state index contributed by atoms with van der Waals surface area (Å²) in [5, 5.41) is 0.152. The minimum Gasteiger partial charge on any atom is -0.413 e. The molecule has 0 radical (unpaired) electrons. The van der Waals surface area contributed by atoms with Gasteiger partial charge in [-0.1, -0.05) is 20.8 Å². The molecule has 1 saturated heterocycles. The van der Waals surface area contributed by atoms with Crippen molar-refractivity contribution in [2.45, 2.75) is 89.7 Å². The van der Waals surface area contributed by atoms with E-state index in [1.54, 1.807) is 0 Å². The highest BCUT2D eigenvalue weighted by molar-refractivity contribution is 6.74. The largest absolute Gasteiger partial charge is 0.413 e. The summed E-state index contributed by atoms with van der Waals surface area (Å²) < 4.78 is 17.9. The lowest BCUT2D eigenvalue weighted by molar-refractivity contribution is -0.153. The van der Waals surface area contributed by atoms with Crippen LogP contribution in [0.15, 0.2) is 0 Å². The molecule has 1 aliphatic carbocycles. The Morgan fingerprint density at radius 1 is 1.25 bits per heavy atom. The van der Waals surface area contributed by atoms with Crippen molar-refractivity contribution in [2.24, 2.45) is 0 Å². The van der Waals surface area contributed by atoms with Crippen LogP contribution < -0.4 is 0 Å². The number of hydrogen-bond acceptors (Lipinski definition) is 4. The second kappa shape index (κ2) is 4.90. The normalized spacial score (nSPS) is 34.1. The molecule has 0 aromatic rings. The molecule has 2 aliphatic rings. The van der Waals surface area contributed by atoms with E-state index in [1.165, 1.54) is 0 Å². The Kier molecular flexibility index (Phi) is 3.96. The Bertz CT molecular complexity index is 397. The van der Waals surface area contributed by atoms with Gasteiger partial charge in [0, 0.05) is 12.8 Å². The summed E-state index contributed by atoms with van der Waals surface area (Å²) in [4.78, 5) is 12.2. The molecule has 0 amide bonds. The molecule has 0 bridgehead atoms. The number of ketones is 1. The van der Waals surface area contributed by atoms with Gasteiger partial charge in [-0.3, -0.25) is 4.79 Å². The first kappa shape index (κ1) is 16.1. The second-order valence-corrected chi connectivity index (χ2v) is 12.8. The summed E-state index contributed by atoms with van der Waals surface area (Å²) >= 11 is 0. The van der Waals surface area contributed by atoms with Gasteiger partial charge in [0.05, 0.1) is 12.2 Å². The van der Waals surface area contributed by atoms with Crippen molar-refractivity contribution in [3.63, 3.8) is 0 Å². The third-order valence-corrected chi connectivity index (χ3v) is 9.23. The van der Waals surface area contributed by atoms with Crippen LogP contribution in [0, 0.1) is 0 Å². The third kappa shape index (κ3) is 3.16. The van der Waals surface area contributed by atoms with Crippen LogP contribution in [0.3, 0.4) is 0 Å². The summed E-state index contributed by atoms with van der Waals surface area (Å²) in [5.74, 6) is -0.535. The summed E-state index contributed by atoms with van der Waals surface area (Å²) in [6, 6.07) is 0. The zero-order valence-corrected chi connectivity index (χ0v) is 14.8. The summed E-state index contributed by atoms with van der Waals surface area (Å²) in [6.45, 7) is 14.8. The first-order valence-corrected chi connectivity index (χ1v) is 10.4. The van der Waals surface area contributed by atoms with Crippen molar-refractivity contribution in [3.05, 3.63) is 0 Å². The Morgan fingerprint density at radius 3 is 2.40 bits per heavy atom. The maximum Gasteiger partial charge on any atom is 0.192 e. The number of fused-ring (bicyclic) bond motifs is 1. The first-order valence-electron chi connectivity index (χ1n) is 7.47. The van der Waals surface area contributed by atoms with E-state index in [0.717, 1.165) is 6.42 Å². The van der Waals surface area contributed by atoms with Crippen molar-refractivity contribution in [1.29, 1.82) is 0 Å². The van der Waals surface area contributed by atoms with Gasteiger partial charge in [-0.2, -0.15) is 0 Å². The van der Waals surface area contributed by atoms with Crippen LogP contribution in [0.2, 0.25) is 18.1 Å². The lowest BCUT2D eigenvalue weighted by atomic mass is 9.91. The molecule has 20 heavy (non-hydrogen) atoms. The van der Waals surface area contributed by atoms with Crippen LogP contribution in [-0.2, 0) is 18.7 Å².